The first-order valence-electron chi connectivity index (χ1n) is 9.42. The van der Waals surface area contributed by atoms with Crippen molar-refractivity contribution in [3.63, 3.8) is 0 Å². The maximum absolute atomic E-state index is 13.3. The Morgan fingerprint density at radius 2 is 1.91 bits per heavy atom. The van der Waals surface area contributed by atoms with Gasteiger partial charge in [-0.05, 0) is 41.8 Å². The molecule has 0 unspecified atom stereocenters. The average Bonchev–Trinajstić information content (AvgIpc) is 3.10. The van der Waals surface area contributed by atoms with Gasteiger partial charge in [0.1, 0.15) is 16.8 Å². The van der Waals surface area contributed by atoms with E-state index in [1.807, 2.05) is 31.2 Å². The number of aryl methyl sites for hydroxylation is 1. The molecule has 0 fully saturated rings. The molecule has 1 heterocycles. The molecule has 0 amide bonds. The van der Waals surface area contributed by atoms with E-state index in [0.29, 0.717) is 17.7 Å². The SMILES string of the molecule is CCc1ccccc1-n1c(=C(C#N)C#N)s/c(=C/c2ccc(OC(F)F)c(OC)c2)c1=O. The second-order valence-electron chi connectivity index (χ2n) is 6.43. The Morgan fingerprint density at radius 3 is 2.53 bits per heavy atom. The Bertz CT molecular complexity index is 1400. The molecule has 9 heteroatoms. The third-order valence-electron chi connectivity index (χ3n) is 4.58. The number of para-hydroxylation sites is 1. The molecule has 0 bridgehead atoms. The highest BCUT2D eigenvalue weighted by Gasteiger charge is 2.14. The minimum absolute atomic E-state index is 0.0776. The Kier molecular flexibility index (Phi) is 7.04. The second kappa shape index (κ2) is 9.90. The van der Waals surface area contributed by atoms with Crippen LogP contribution in [0.2, 0.25) is 0 Å². The van der Waals surface area contributed by atoms with Gasteiger partial charge in [0, 0.05) is 0 Å². The Balaban J connectivity index is 2.30. The molecule has 3 rings (SSSR count). The van der Waals surface area contributed by atoms with Crippen LogP contribution in [0.1, 0.15) is 18.1 Å². The lowest BCUT2D eigenvalue weighted by atomic mass is 10.1. The van der Waals surface area contributed by atoms with Crippen LogP contribution in [-0.4, -0.2) is 18.3 Å². The molecule has 1 aromatic heterocycles. The molecule has 0 saturated carbocycles. The van der Waals surface area contributed by atoms with Gasteiger partial charge in [-0.1, -0.05) is 31.2 Å². The van der Waals surface area contributed by atoms with Gasteiger partial charge >= 0.3 is 6.61 Å². The Labute approximate surface area is 186 Å². The predicted octanol–water partition coefficient (Wildman–Crippen LogP) is 3.10. The van der Waals surface area contributed by atoms with Crippen LogP contribution in [0.5, 0.6) is 11.5 Å². The van der Waals surface area contributed by atoms with E-state index in [2.05, 4.69) is 4.74 Å². The topological polar surface area (TPSA) is 88.0 Å². The lowest BCUT2D eigenvalue weighted by Gasteiger charge is -2.10. The number of methoxy groups -OCH3 is 1. The summed E-state index contributed by atoms with van der Waals surface area (Å²) in [5.74, 6) is -0.0563. The molecule has 0 N–H and O–H groups in total. The van der Waals surface area contributed by atoms with Crippen molar-refractivity contribution in [2.75, 3.05) is 7.11 Å². The molecule has 32 heavy (non-hydrogen) atoms. The Hall–Kier alpha value is -3.95. The largest absolute Gasteiger partial charge is 0.493 e. The number of nitrogens with zero attached hydrogens (tertiary/aromatic N) is 3. The van der Waals surface area contributed by atoms with E-state index < -0.39 is 12.2 Å². The van der Waals surface area contributed by atoms with Gasteiger partial charge in [-0.15, -0.1) is 11.3 Å². The summed E-state index contributed by atoms with van der Waals surface area (Å²) in [5, 5.41) is 18.8. The first kappa shape index (κ1) is 22.7. The highest BCUT2D eigenvalue weighted by molar-refractivity contribution is 7.07. The lowest BCUT2D eigenvalue weighted by Crippen LogP contribution is -2.31. The molecule has 6 nitrogen and oxygen atoms in total. The summed E-state index contributed by atoms with van der Waals surface area (Å²) in [7, 11) is 1.32. The van der Waals surface area contributed by atoms with E-state index in [9.17, 15) is 24.1 Å². The summed E-state index contributed by atoms with van der Waals surface area (Å²) in [6.07, 6.45) is 2.19. The third kappa shape index (κ3) is 4.53. The van der Waals surface area contributed by atoms with Crippen LogP contribution >= 0.6 is 11.3 Å². The van der Waals surface area contributed by atoms with Gasteiger partial charge < -0.3 is 9.47 Å². The molecule has 3 aromatic rings. The first-order chi connectivity index (χ1) is 15.4. The fourth-order valence-electron chi connectivity index (χ4n) is 3.14. The number of nitriles is 2. The van der Waals surface area contributed by atoms with E-state index in [4.69, 9.17) is 4.74 Å². The standard InChI is InChI=1S/C23H17F2N3O3S/c1-3-15-6-4-5-7-17(15)28-21(29)20(32-22(28)16(12-26)13-27)11-14-8-9-18(31-23(24)25)19(10-14)30-2/h4-11,23H,3H2,1-2H3/b20-11+. The van der Waals surface area contributed by atoms with Crippen LogP contribution in [0, 0.1) is 22.7 Å². The minimum Gasteiger partial charge on any atom is -0.493 e. The number of ether oxygens (including phenoxy) is 2. The van der Waals surface area contributed by atoms with E-state index >= 15 is 0 Å². The van der Waals surface area contributed by atoms with Gasteiger partial charge in [0.15, 0.2) is 17.1 Å². The summed E-state index contributed by atoms with van der Waals surface area (Å²) >= 11 is 1.00. The maximum atomic E-state index is 13.3. The van der Waals surface area contributed by atoms with Gasteiger partial charge in [-0.3, -0.25) is 9.36 Å². The number of halogens is 2. The summed E-state index contributed by atoms with van der Waals surface area (Å²) in [6.45, 7) is -1.06. The quantitative estimate of drug-likeness (QED) is 0.572. The monoisotopic (exact) mass is 453 g/mol. The lowest BCUT2D eigenvalue weighted by molar-refractivity contribution is -0.0512. The molecule has 162 valence electrons. The second-order valence-corrected chi connectivity index (χ2v) is 7.46. The van der Waals surface area contributed by atoms with E-state index in [0.717, 1.165) is 16.9 Å². The van der Waals surface area contributed by atoms with Gasteiger partial charge in [-0.25, -0.2) is 0 Å². The molecule has 0 aliphatic heterocycles. The summed E-state index contributed by atoms with van der Waals surface area (Å²) in [5.41, 5.74) is 1.38. The molecular formula is C23H17F2N3O3S. The first-order valence-corrected chi connectivity index (χ1v) is 10.2. The smallest absolute Gasteiger partial charge is 0.387 e. The van der Waals surface area contributed by atoms with Gasteiger partial charge in [0.25, 0.3) is 5.56 Å². The molecule has 0 radical (unpaired) electrons. The molecular weight excluding hydrogens is 436 g/mol. The van der Waals surface area contributed by atoms with Crippen molar-refractivity contribution in [1.82, 2.24) is 4.57 Å². The maximum Gasteiger partial charge on any atom is 0.387 e. The van der Waals surface area contributed by atoms with Crippen LogP contribution in [0.25, 0.3) is 17.3 Å². The summed E-state index contributed by atoms with van der Waals surface area (Å²) in [4.78, 5) is 13.3. The number of rotatable bonds is 6. The van der Waals surface area contributed by atoms with Crippen molar-refractivity contribution >= 4 is 23.0 Å². The highest BCUT2D eigenvalue weighted by atomic mass is 32.1. The number of thiazole rings is 1. The molecule has 0 saturated heterocycles. The van der Waals surface area contributed by atoms with Crippen molar-refractivity contribution in [3.8, 4) is 29.3 Å². The Morgan fingerprint density at radius 1 is 1.19 bits per heavy atom. The predicted molar refractivity (Wildman–Crippen MR) is 116 cm³/mol. The number of hydrogen-bond acceptors (Lipinski definition) is 6. The molecule has 0 aliphatic rings. The summed E-state index contributed by atoms with van der Waals surface area (Å²) < 4.78 is 36.5. The van der Waals surface area contributed by atoms with Crippen molar-refractivity contribution in [3.05, 3.63) is 73.1 Å². The van der Waals surface area contributed by atoms with Crippen LogP contribution < -0.4 is 24.2 Å². The van der Waals surface area contributed by atoms with Crippen molar-refractivity contribution in [2.24, 2.45) is 0 Å². The van der Waals surface area contributed by atoms with Gasteiger partial charge in [0.2, 0.25) is 0 Å². The van der Waals surface area contributed by atoms with Crippen molar-refractivity contribution < 1.29 is 18.3 Å². The zero-order valence-electron chi connectivity index (χ0n) is 17.1. The average molecular weight is 453 g/mol. The van der Waals surface area contributed by atoms with Crippen LogP contribution in [0.15, 0.2) is 47.3 Å². The third-order valence-corrected chi connectivity index (χ3v) is 5.67. The number of alkyl halides is 2. The molecule has 0 aliphatic carbocycles. The van der Waals surface area contributed by atoms with Crippen LogP contribution in [-0.2, 0) is 6.42 Å². The number of benzene rings is 2. The zero-order chi connectivity index (χ0) is 23.3. The van der Waals surface area contributed by atoms with E-state index in [1.165, 1.54) is 29.9 Å². The van der Waals surface area contributed by atoms with Crippen molar-refractivity contribution in [1.29, 1.82) is 10.5 Å². The number of aromatic nitrogens is 1. The van der Waals surface area contributed by atoms with Gasteiger partial charge in [0.05, 0.1) is 17.3 Å². The van der Waals surface area contributed by atoms with Gasteiger partial charge in [-0.2, -0.15) is 19.3 Å². The van der Waals surface area contributed by atoms with E-state index in [1.54, 1.807) is 18.2 Å². The van der Waals surface area contributed by atoms with E-state index in [-0.39, 0.29) is 26.3 Å². The van der Waals surface area contributed by atoms with Crippen LogP contribution in [0.3, 0.4) is 0 Å². The molecule has 0 spiro atoms. The number of hydrogen-bond donors (Lipinski definition) is 0. The molecule has 2 aromatic carbocycles. The van der Waals surface area contributed by atoms with Crippen molar-refractivity contribution in [2.45, 2.75) is 20.0 Å². The summed E-state index contributed by atoms with van der Waals surface area (Å²) in [6, 6.07) is 15.2. The fraction of sp³-hybridized carbons (Fsp3) is 0.174. The highest BCUT2D eigenvalue weighted by Crippen LogP contribution is 2.29. The fourth-order valence-corrected chi connectivity index (χ4v) is 4.18. The zero-order valence-corrected chi connectivity index (χ0v) is 18.0. The minimum atomic E-state index is -3.00. The van der Waals surface area contributed by atoms with Crippen LogP contribution in [0.4, 0.5) is 8.78 Å². The normalized spacial score (nSPS) is 11.2. The molecule has 0 atom stereocenters.